The Balaban J connectivity index is 1.91. The third-order valence-electron chi connectivity index (χ3n) is 6.89. The Hall–Kier alpha value is -3.12. The lowest BCUT2D eigenvalue weighted by Gasteiger charge is -2.32. The number of carbonyl (C=O) groups excluding carboxylic acids is 2. The van der Waals surface area contributed by atoms with E-state index in [1.165, 1.54) is 5.56 Å². The van der Waals surface area contributed by atoms with E-state index in [1.807, 2.05) is 93.6 Å². The van der Waals surface area contributed by atoms with Crippen molar-refractivity contribution in [1.29, 1.82) is 0 Å². The van der Waals surface area contributed by atoms with Gasteiger partial charge in [0.2, 0.25) is 5.91 Å². The van der Waals surface area contributed by atoms with Gasteiger partial charge < -0.3 is 15.0 Å². The number of ether oxygens (including phenoxy) is 1. The summed E-state index contributed by atoms with van der Waals surface area (Å²) >= 11 is 3.60. The maximum Gasteiger partial charge on any atom is 0.261 e. The SMILES string of the molecule is CC[C@H](C)NC(=O)[C@@H](Cc1ccccc1)N(Cc1ccc(C)cc1)C(=O)COc1ccc(C(C)(C)C)cc1Br. The zero-order chi connectivity index (χ0) is 28.6. The van der Waals surface area contributed by atoms with Crippen LogP contribution in [-0.4, -0.2) is 35.4 Å². The largest absolute Gasteiger partial charge is 0.483 e. The Labute approximate surface area is 242 Å². The second-order valence-corrected chi connectivity index (χ2v) is 12.1. The Morgan fingerprint density at radius 1 is 0.974 bits per heavy atom. The molecule has 0 aromatic heterocycles. The third-order valence-corrected chi connectivity index (χ3v) is 7.51. The van der Waals surface area contributed by atoms with Gasteiger partial charge in [-0.15, -0.1) is 0 Å². The Morgan fingerprint density at radius 2 is 1.64 bits per heavy atom. The maximum absolute atomic E-state index is 13.8. The van der Waals surface area contributed by atoms with Gasteiger partial charge in [-0.3, -0.25) is 9.59 Å². The van der Waals surface area contributed by atoms with Crippen LogP contribution in [0.4, 0.5) is 0 Å². The van der Waals surface area contributed by atoms with Crippen molar-refractivity contribution in [3.05, 3.63) is 99.5 Å². The molecule has 0 aliphatic rings. The van der Waals surface area contributed by atoms with E-state index in [9.17, 15) is 9.59 Å². The molecule has 2 amide bonds. The predicted octanol–water partition coefficient (Wildman–Crippen LogP) is 6.99. The minimum absolute atomic E-state index is 0.000589. The minimum Gasteiger partial charge on any atom is -0.483 e. The molecule has 0 saturated heterocycles. The summed E-state index contributed by atoms with van der Waals surface area (Å²) in [6.07, 6.45) is 1.21. The van der Waals surface area contributed by atoms with Gasteiger partial charge in [0, 0.05) is 19.0 Å². The summed E-state index contributed by atoms with van der Waals surface area (Å²) in [7, 11) is 0. The molecular weight excluding hydrogens is 552 g/mol. The van der Waals surface area contributed by atoms with Crippen molar-refractivity contribution < 1.29 is 14.3 Å². The summed E-state index contributed by atoms with van der Waals surface area (Å²) in [5.41, 5.74) is 4.25. The maximum atomic E-state index is 13.8. The molecule has 0 saturated carbocycles. The van der Waals surface area contributed by atoms with Crippen molar-refractivity contribution in [2.45, 2.75) is 78.4 Å². The van der Waals surface area contributed by atoms with E-state index in [1.54, 1.807) is 4.90 Å². The first-order chi connectivity index (χ1) is 18.5. The zero-order valence-corrected chi connectivity index (χ0v) is 25.5. The van der Waals surface area contributed by atoms with Gasteiger partial charge in [-0.25, -0.2) is 0 Å². The normalized spacial score (nSPS) is 12.9. The van der Waals surface area contributed by atoms with Gasteiger partial charge in [-0.2, -0.15) is 0 Å². The summed E-state index contributed by atoms with van der Waals surface area (Å²) in [5, 5.41) is 3.10. The second-order valence-electron chi connectivity index (χ2n) is 11.2. The molecule has 1 N–H and O–H groups in total. The lowest BCUT2D eigenvalue weighted by molar-refractivity contribution is -0.143. The fraction of sp³-hybridized carbons (Fsp3) is 0.394. The molecule has 0 unspecified atom stereocenters. The van der Waals surface area contributed by atoms with Crippen LogP contribution < -0.4 is 10.1 Å². The quantitative estimate of drug-likeness (QED) is 0.261. The van der Waals surface area contributed by atoms with Crippen LogP contribution >= 0.6 is 15.9 Å². The van der Waals surface area contributed by atoms with Crippen LogP contribution in [0.25, 0.3) is 0 Å². The van der Waals surface area contributed by atoms with Crippen LogP contribution in [0, 0.1) is 6.92 Å². The molecule has 0 spiro atoms. The number of amides is 2. The molecule has 0 bridgehead atoms. The van der Waals surface area contributed by atoms with Gasteiger partial charge in [0.15, 0.2) is 6.61 Å². The Bertz CT molecular complexity index is 1240. The number of hydrogen-bond donors (Lipinski definition) is 1. The van der Waals surface area contributed by atoms with E-state index in [0.29, 0.717) is 18.7 Å². The highest BCUT2D eigenvalue weighted by Crippen LogP contribution is 2.31. The molecule has 0 fully saturated rings. The van der Waals surface area contributed by atoms with Gasteiger partial charge in [-0.1, -0.05) is 93.9 Å². The van der Waals surface area contributed by atoms with Crippen LogP contribution in [0.1, 0.15) is 63.3 Å². The standard InChI is InChI=1S/C33H41BrN2O3/c1-7-24(3)35-32(38)29(19-25-11-9-8-10-12-25)36(21-26-15-13-23(2)14-16-26)31(37)22-39-30-18-17-27(20-28(30)34)33(4,5)6/h8-18,20,24,29H,7,19,21-22H2,1-6H3,(H,35,38)/t24-,29+/m0/s1. The highest BCUT2D eigenvalue weighted by Gasteiger charge is 2.31. The van der Waals surface area contributed by atoms with Crippen molar-refractivity contribution in [2.24, 2.45) is 0 Å². The van der Waals surface area contributed by atoms with Gasteiger partial charge in [0.1, 0.15) is 11.8 Å². The van der Waals surface area contributed by atoms with Gasteiger partial charge in [0.25, 0.3) is 5.91 Å². The summed E-state index contributed by atoms with van der Waals surface area (Å²) in [5.74, 6) is 0.183. The lowest BCUT2D eigenvalue weighted by atomic mass is 9.87. The summed E-state index contributed by atoms with van der Waals surface area (Å²) < 4.78 is 6.81. The van der Waals surface area contributed by atoms with E-state index in [2.05, 4.69) is 42.0 Å². The fourth-order valence-electron chi connectivity index (χ4n) is 4.19. The average Bonchev–Trinajstić information content (AvgIpc) is 2.90. The first kappa shape index (κ1) is 30.4. The molecule has 2 atom stereocenters. The Morgan fingerprint density at radius 3 is 2.23 bits per heavy atom. The van der Waals surface area contributed by atoms with Crippen molar-refractivity contribution >= 4 is 27.7 Å². The van der Waals surface area contributed by atoms with Crippen LogP contribution in [0.2, 0.25) is 0 Å². The van der Waals surface area contributed by atoms with Gasteiger partial charge in [-0.05, 0) is 70.4 Å². The number of aryl methyl sites for hydroxylation is 1. The van der Waals surface area contributed by atoms with E-state index < -0.39 is 6.04 Å². The summed E-state index contributed by atoms with van der Waals surface area (Å²) in [6, 6.07) is 23.1. The molecule has 5 nitrogen and oxygen atoms in total. The average molecular weight is 594 g/mol. The predicted molar refractivity (Wildman–Crippen MR) is 162 cm³/mol. The first-order valence-corrected chi connectivity index (χ1v) is 14.4. The van der Waals surface area contributed by atoms with Crippen LogP contribution in [-0.2, 0) is 28.0 Å². The number of carbonyl (C=O) groups is 2. The number of benzene rings is 3. The van der Waals surface area contributed by atoms with Crippen LogP contribution in [0.3, 0.4) is 0 Å². The van der Waals surface area contributed by atoms with Crippen molar-refractivity contribution in [1.82, 2.24) is 10.2 Å². The second kappa shape index (κ2) is 13.8. The Kier molecular flexibility index (Phi) is 10.8. The number of nitrogens with zero attached hydrogens (tertiary/aromatic N) is 1. The zero-order valence-electron chi connectivity index (χ0n) is 24.0. The number of rotatable bonds is 11. The molecule has 0 heterocycles. The molecule has 0 aliphatic heterocycles. The fourth-order valence-corrected chi connectivity index (χ4v) is 4.69. The van der Waals surface area contributed by atoms with Crippen LogP contribution in [0.15, 0.2) is 77.3 Å². The van der Waals surface area contributed by atoms with Crippen molar-refractivity contribution in [3.63, 3.8) is 0 Å². The molecule has 208 valence electrons. The first-order valence-electron chi connectivity index (χ1n) is 13.6. The van der Waals surface area contributed by atoms with Crippen molar-refractivity contribution in [2.75, 3.05) is 6.61 Å². The van der Waals surface area contributed by atoms with Crippen LogP contribution in [0.5, 0.6) is 5.75 Å². The number of halogens is 1. The highest BCUT2D eigenvalue weighted by atomic mass is 79.9. The van der Waals surface area contributed by atoms with Gasteiger partial charge >= 0.3 is 0 Å². The summed E-state index contributed by atoms with van der Waals surface area (Å²) in [6.45, 7) is 12.6. The number of hydrogen-bond acceptors (Lipinski definition) is 3. The number of nitrogens with one attached hydrogen (secondary N) is 1. The molecule has 0 radical (unpaired) electrons. The molecule has 3 rings (SSSR count). The third kappa shape index (κ3) is 8.96. The molecule has 3 aromatic carbocycles. The van der Waals surface area contributed by atoms with E-state index in [-0.39, 0.29) is 29.9 Å². The van der Waals surface area contributed by atoms with E-state index in [0.717, 1.165) is 27.6 Å². The molecular formula is C33H41BrN2O3. The van der Waals surface area contributed by atoms with E-state index >= 15 is 0 Å². The van der Waals surface area contributed by atoms with Crippen molar-refractivity contribution in [3.8, 4) is 5.75 Å². The van der Waals surface area contributed by atoms with E-state index in [4.69, 9.17) is 4.74 Å². The smallest absolute Gasteiger partial charge is 0.261 e. The molecule has 3 aromatic rings. The summed E-state index contributed by atoms with van der Waals surface area (Å²) in [4.78, 5) is 29.1. The molecule has 0 aliphatic carbocycles. The topological polar surface area (TPSA) is 58.6 Å². The van der Waals surface area contributed by atoms with Gasteiger partial charge in [0.05, 0.1) is 4.47 Å². The monoisotopic (exact) mass is 592 g/mol. The molecule has 6 heteroatoms. The lowest BCUT2D eigenvalue weighted by Crippen LogP contribution is -2.53. The minimum atomic E-state index is -0.689. The highest BCUT2D eigenvalue weighted by molar-refractivity contribution is 9.10. The molecule has 39 heavy (non-hydrogen) atoms.